The molecule has 8 heteroatoms. The van der Waals surface area contributed by atoms with Crippen LogP contribution in [0.1, 0.15) is 30.0 Å². The van der Waals surface area contributed by atoms with Gasteiger partial charge in [0.1, 0.15) is 5.82 Å². The highest BCUT2D eigenvalue weighted by Gasteiger charge is 2.36. The largest absolute Gasteiger partial charge is 0.334 e. The van der Waals surface area contributed by atoms with E-state index in [9.17, 15) is 9.18 Å². The number of carbonyl (C=O) groups is 1. The van der Waals surface area contributed by atoms with E-state index < -0.39 is 11.9 Å². The minimum atomic E-state index is -0.690. The van der Waals surface area contributed by atoms with Gasteiger partial charge in [-0.15, -0.1) is 0 Å². The highest BCUT2D eigenvalue weighted by molar-refractivity contribution is 6.31. The third-order valence-corrected chi connectivity index (χ3v) is 6.18. The van der Waals surface area contributed by atoms with Crippen LogP contribution in [0.25, 0.3) is 17.0 Å². The molecule has 0 saturated carbocycles. The van der Waals surface area contributed by atoms with Crippen LogP contribution in [0.15, 0.2) is 83.0 Å². The number of urea groups is 1. The van der Waals surface area contributed by atoms with Crippen molar-refractivity contribution in [1.82, 2.24) is 15.5 Å². The van der Waals surface area contributed by atoms with E-state index in [1.165, 1.54) is 17.0 Å². The van der Waals surface area contributed by atoms with Crippen LogP contribution in [0.4, 0.5) is 14.9 Å². The maximum Gasteiger partial charge on any atom is 0.326 e. The predicted molar refractivity (Wildman–Crippen MR) is 129 cm³/mol. The Morgan fingerprint density at radius 1 is 1.03 bits per heavy atom. The summed E-state index contributed by atoms with van der Waals surface area (Å²) in [5, 5.41) is 7.64. The van der Waals surface area contributed by atoms with Crippen LogP contribution < -0.4 is 10.2 Å². The van der Waals surface area contributed by atoms with Crippen LogP contribution in [0.3, 0.4) is 0 Å². The van der Waals surface area contributed by atoms with Crippen molar-refractivity contribution >= 4 is 28.9 Å². The van der Waals surface area contributed by atoms with Gasteiger partial charge in [0.2, 0.25) is 5.82 Å². The number of carbonyl (C=O) groups excluding carboxylic acids is 1. The lowest BCUT2D eigenvalue weighted by Crippen LogP contribution is -2.46. The molecule has 34 heavy (non-hydrogen) atoms. The number of aryl methyl sites for hydroxylation is 1. The van der Waals surface area contributed by atoms with Gasteiger partial charge >= 0.3 is 6.03 Å². The summed E-state index contributed by atoms with van der Waals surface area (Å²) >= 11 is 6.34. The van der Waals surface area contributed by atoms with Gasteiger partial charge in [0, 0.05) is 16.3 Å². The predicted octanol–water partition coefficient (Wildman–Crippen LogP) is 6.54. The van der Waals surface area contributed by atoms with E-state index in [0.29, 0.717) is 33.4 Å². The molecule has 1 atom stereocenters. The van der Waals surface area contributed by atoms with Gasteiger partial charge in [-0.05, 0) is 49.2 Å². The van der Waals surface area contributed by atoms with Gasteiger partial charge in [0.05, 0.1) is 17.3 Å². The average Bonchev–Trinajstić information content (AvgIpc) is 3.31. The molecule has 1 aromatic heterocycles. The summed E-state index contributed by atoms with van der Waals surface area (Å²) < 4.78 is 19.7. The molecular weight excluding hydrogens is 455 g/mol. The number of anilines is 1. The number of hydrogen-bond acceptors (Lipinski definition) is 4. The van der Waals surface area contributed by atoms with Crippen molar-refractivity contribution in [2.24, 2.45) is 0 Å². The molecule has 170 valence electrons. The molecule has 1 aliphatic rings. The fourth-order valence-corrected chi connectivity index (χ4v) is 4.20. The molecule has 0 bridgehead atoms. The number of hydrogen-bond donors (Lipinski definition) is 1. The Balaban J connectivity index is 1.67. The summed E-state index contributed by atoms with van der Waals surface area (Å²) in [7, 11) is 0. The lowest BCUT2D eigenvalue weighted by atomic mass is 9.94. The molecule has 0 aliphatic carbocycles. The number of nitrogens with zero attached hydrogens (tertiary/aromatic N) is 3. The number of amides is 2. The van der Waals surface area contributed by atoms with Gasteiger partial charge in [0.25, 0.3) is 5.89 Å². The topological polar surface area (TPSA) is 71.3 Å². The number of nitrogens with one attached hydrogen (secondary N) is 1. The van der Waals surface area contributed by atoms with Crippen molar-refractivity contribution < 1.29 is 13.7 Å². The van der Waals surface area contributed by atoms with Gasteiger partial charge in [-0.3, -0.25) is 4.90 Å². The van der Waals surface area contributed by atoms with E-state index in [0.717, 1.165) is 11.1 Å². The molecule has 1 N–H and O–H groups in total. The standard InChI is InChI=1S/C26H20ClFN4O2/c1-15-11-12-20(14-21(15)27)32-16(2)22(23(29-26(32)33)18-9-6-10-19(28)13-18)25-30-24(31-34-25)17-7-4-3-5-8-17/h3-14,23H,1-2H3,(H,29,33). The normalized spacial score (nSPS) is 16.1. The summed E-state index contributed by atoms with van der Waals surface area (Å²) in [4.78, 5) is 19.4. The fourth-order valence-electron chi connectivity index (χ4n) is 4.03. The lowest BCUT2D eigenvalue weighted by Gasteiger charge is -2.35. The maximum atomic E-state index is 14.1. The van der Waals surface area contributed by atoms with Crippen LogP contribution >= 0.6 is 11.6 Å². The number of benzene rings is 3. The molecule has 2 amide bonds. The minimum absolute atomic E-state index is 0.230. The van der Waals surface area contributed by atoms with Crippen molar-refractivity contribution in [3.63, 3.8) is 0 Å². The number of allylic oxidation sites excluding steroid dienone is 1. The van der Waals surface area contributed by atoms with Gasteiger partial charge in [-0.25, -0.2) is 9.18 Å². The van der Waals surface area contributed by atoms with E-state index in [2.05, 4.69) is 15.5 Å². The average molecular weight is 475 g/mol. The van der Waals surface area contributed by atoms with E-state index >= 15 is 0 Å². The molecule has 5 rings (SSSR count). The molecule has 0 fully saturated rings. The summed E-state index contributed by atoms with van der Waals surface area (Å²) in [5.41, 5.74) is 3.97. The third kappa shape index (κ3) is 3.95. The minimum Gasteiger partial charge on any atom is -0.334 e. The molecule has 0 spiro atoms. The fraction of sp³-hybridized carbons (Fsp3) is 0.115. The Hall–Kier alpha value is -3.97. The molecule has 3 aromatic carbocycles. The molecule has 2 heterocycles. The Labute approximate surface area is 200 Å². The van der Waals surface area contributed by atoms with Crippen LogP contribution in [0.2, 0.25) is 5.02 Å². The van der Waals surface area contributed by atoms with Crippen LogP contribution in [-0.2, 0) is 0 Å². The van der Waals surface area contributed by atoms with Crippen LogP contribution in [0.5, 0.6) is 0 Å². The molecule has 4 aromatic rings. The summed E-state index contributed by atoms with van der Waals surface area (Å²) in [5.74, 6) is 0.233. The van der Waals surface area contributed by atoms with E-state index in [4.69, 9.17) is 16.1 Å². The molecule has 1 unspecified atom stereocenters. The number of rotatable bonds is 4. The summed E-state index contributed by atoms with van der Waals surface area (Å²) in [6.45, 7) is 3.68. The second-order valence-electron chi connectivity index (χ2n) is 7.99. The van der Waals surface area contributed by atoms with E-state index in [-0.39, 0.29) is 11.9 Å². The Morgan fingerprint density at radius 2 is 1.82 bits per heavy atom. The van der Waals surface area contributed by atoms with E-state index in [1.807, 2.05) is 49.4 Å². The van der Waals surface area contributed by atoms with Crippen LogP contribution in [-0.4, -0.2) is 16.2 Å². The highest BCUT2D eigenvalue weighted by Crippen LogP contribution is 2.39. The molecule has 1 aliphatic heterocycles. The zero-order valence-electron chi connectivity index (χ0n) is 18.4. The first-order valence-corrected chi connectivity index (χ1v) is 11.0. The van der Waals surface area contributed by atoms with Crippen LogP contribution in [0, 0.1) is 12.7 Å². The first-order chi connectivity index (χ1) is 16.4. The highest BCUT2D eigenvalue weighted by atomic mass is 35.5. The zero-order chi connectivity index (χ0) is 23.8. The van der Waals surface area contributed by atoms with E-state index in [1.54, 1.807) is 25.1 Å². The number of halogens is 2. The monoisotopic (exact) mass is 474 g/mol. The van der Waals surface area contributed by atoms with Crippen molar-refractivity contribution in [2.45, 2.75) is 19.9 Å². The SMILES string of the molecule is CC1=C(c2nc(-c3ccccc3)no2)C(c2cccc(F)c2)NC(=O)N1c1ccc(C)c(Cl)c1. The summed E-state index contributed by atoms with van der Waals surface area (Å²) in [6, 6.07) is 19.8. The molecule has 0 saturated heterocycles. The van der Waals surface area contributed by atoms with Gasteiger partial charge in [-0.1, -0.05) is 65.3 Å². The summed E-state index contributed by atoms with van der Waals surface area (Å²) in [6.07, 6.45) is 0. The van der Waals surface area contributed by atoms with Crippen molar-refractivity contribution in [1.29, 1.82) is 0 Å². The quantitative estimate of drug-likeness (QED) is 0.364. The van der Waals surface area contributed by atoms with Crippen molar-refractivity contribution in [3.05, 3.63) is 106 Å². The van der Waals surface area contributed by atoms with Crippen molar-refractivity contribution in [2.75, 3.05) is 4.90 Å². The second kappa shape index (κ2) is 8.76. The van der Waals surface area contributed by atoms with Crippen molar-refractivity contribution in [3.8, 4) is 11.4 Å². The lowest BCUT2D eigenvalue weighted by molar-refractivity contribution is 0.244. The molecule has 6 nitrogen and oxygen atoms in total. The van der Waals surface area contributed by atoms with Gasteiger partial charge < -0.3 is 9.84 Å². The zero-order valence-corrected chi connectivity index (χ0v) is 19.2. The molecular formula is C26H20ClFN4O2. The Kier molecular flexibility index (Phi) is 5.63. The number of aromatic nitrogens is 2. The third-order valence-electron chi connectivity index (χ3n) is 5.77. The first kappa shape index (κ1) is 21.9. The van der Waals surface area contributed by atoms with Gasteiger partial charge in [-0.2, -0.15) is 4.98 Å². The van der Waals surface area contributed by atoms with Gasteiger partial charge in [0.15, 0.2) is 0 Å². The molecule has 0 radical (unpaired) electrons. The smallest absolute Gasteiger partial charge is 0.326 e. The maximum absolute atomic E-state index is 14.1. The Morgan fingerprint density at radius 3 is 2.56 bits per heavy atom. The first-order valence-electron chi connectivity index (χ1n) is 10.6. The second-order valence-corrected chi connectivity index (χ2v) is 8.40. The Bertz CT molecular complexity index is 1420.